The summed E-state index contributed by atoms with van der Waals surface area (Å²) in [5, 5.41) is 18.0. The minimum atomic E-state index is -0.242. The molecular formula is C31H42O5. The SMILES string of the molecule is C1CC2C3CCC(C3)C2C1.CCCC(=O)Cc1ccc(O)cc1.CCOC(=O)Cc1ccc(O)cc1. The van der Waals surface area contributed by atoms with Gasteiger partial charge in [-0.25, -0.2) is 0 Å². The van der Waals surface area contributed by atoms with E-state index in [0.717, 1.165) is 17.5 Å². The number of fused-ring (bicyclic) bond motifs is 5. The lowest BCUT2D eigenvalue weighted by molar-refractivity contribution is -0.142. The average molecular weight is 495 g/mol. The summed E-state index contributed by atoms with van der Waals surface area (Å²) >= 11 is 0. The Hall–Kier alpha value is -2.82. The molecule has 4 unspecified atom stereocenters. The number of ether oxygens (including phenoxy) is 1. The van der Waals surface area contributed by atoms with Crippen LogP contribution in [0.15, 0.2) is 48.5 Å². The molecule has 0 saturated heterocycles. The molecule has 3 fully saturated rings. The number of phenols is 2. The van der Waals surface area contributed by atoms with Crippen LogP contribution < -0.4 is 0 Å². The monoisotopic (exact) mass is 494 g/mol. The van der Waals surface area contributed by atoms with Gasteiger partial charge in [0.2, 0.25) is 0 Å². The van der Waals surface area contributed by atoms with Crippen molar-refractivity contribution in [2.24, 2.45) is 23.7 Å². The van der Waals surface area contributed by atoms with E-state index >= 15 is 0 Å². The second-order valence-corrected chi connectivity index (χ2v) is 10.4. The molecule has 0 amide bonds. The van der Waals surface area contributed by atoms with Crippen LogP contribution in [0, 0.1) is 23.7 Å². The standard InChI is InChI=1S/C11H14O2.C10H12O3.C10H16/c1-2-3-11(13)8-9-4-6-10(12)7-5-9;1-2-13-10(12)7-8-3-5-9(11)6-4-8;1-2-9-7-4-5-8(6-7)10(9)3-1/h4-7,12H,2-3,8H2,1H3;3-6,11H,2,7H2,1H3;7-10H,1-6H2. The van der Waals surface area contributed by atoms with Gasteiger partial charge in [0, 0.05) is 12.8 Å². The highest BCUT2D eigenvalue weighted by Gasteiger charge is 2.48. The van der Waals surface area contributed by atoms with Crippen LogP contribution in [0.3, 0.4) is 0 Å². The normalized spacial score (nSPS) is 23.1. The van der Waals surface area contributed by atoms with Gasteiger partial charge in [0.1, 0.15) is 17.3 Å². The van der Waals surface area contributed by atoms with Crippen molar-refractivity contribution in [1.29, 1.82) is 0 Å². The molecule has 36 heavy (non-hydrogen) atoms. The third kappa shape index (κ3) is 8.39. The Kier molecular flexibility index (Phi) is 10.8. The highest BCUT2D eigenvalue weighted by Crippen LogP contribution is 2.58. The number of Topliss-reactive ketones (excluding diaryl/α,β-unsaturated/α-hetero) is 1. The van der Waals surface area contributed by atoms with Crippen molar-refractivity contribution in [3.05, 3.63) is 59.7 Å². The van der Waals surface area contributed by atoms with Crippen LogP contribution in [-0.2, 0) is 27.2 Å². The Morgan fingerprint density at radius 3 is 1.75 bits per heavy atom. The molecule has 0 aliphatic heterocycles. The zero-order valence-corrected chi connectivity index (χ0v) is 21.8. The predicted octanol–water partition coefficient (Wildman–Crippen LogP) is 6.63. The molecule has 2 aromatic rings. The van der Waals surface area contributed by atoms with Crippen LogP contribution in [0.5, 0.6) is 11.5 Å². The minimum absolute atomic E-state index is 0.201. The number of carbonyl (C=O) groups excluding carboxylic acids is 2. The molecule has 5 heteroatoms. The summed E-state index contributed by atoms with van der Waals surface area (Å²) in [6.07, 6.45) is 11.8. The molecule has 0 spiro atoms. The van der Waals surface area contributed by atoms with E-state index in [0.29, 0.717) is 19.4 Å². The lowest BCUT2D eigenvalue weighted by Gasteiger charge is -2.23. The van der Waals surface area contributed by atoms with Crippen molar-refractivity contribution in [2.45, 2.75) is 78.1 Å². The Morgan fingerprint density at radius 1 is 0.778 bits per heavy atom. The van der Waals surface area contributed by atoms with Gasteiger partial charge >= 0.3 is 5.97 Å². The Morgan fingerprint density at radius 2 is 1.28 bits per heavy atom. The number of aromatic hydroxyl groups is 2. The molecule has 3 aliphatic rings. The molecule has 3 saturated carbocycles. The fourth-order valence-corrected chi connectivity index (χ4v) is 6.22. The molecule has 5 nitrogen and oxygen atoms in total. The summed E-state index contributed by atoms with van der Waals surface area (Å²) in [5.41, 5.74) is 1.81. The summed E-state index contributed by atoms with van der Waals surface area (Å²) < 4.78 is 4.77. The number of benzene rings is 2. The quantitative estimate of drug-likeness (QED) is 0.422. The van der Waals surface area contributed by atoms with E-state index in [1.165, 1.54) is 23.7 Å². The van der Waals surface area contributed by atoms with E-state index in [9.17, 15) is 9.59 Å². The number of hydrogen-bond acceptors (Lipinski definition) is 5. The van der Waals surface area contributed by atoms with Crippen LogP contribution in [-0.4, -0.2) is 28.6 Å². The number of esters is 1. The van der Waals surface area contributed by atoms with Gasteiger partial charge in [0.15, 0.2) is 0 Å². The number of phenolic OH excluding ortho intramolecular Hbond substituents is 2. The first kappa shape index (κ1) is 27.8. The summed E-state index contributed by atoms with van der Waals surface area (Å²) in [5.74, 6) is 5.26. The van der Waals surface area contributed by atoms with Gasteiger partial charge in [0.25, 0.3) is 0 Å². The van der Waals surface area contributed by atoms with Crippen LogP contribution in [0.1, 0.15) is 76.3 Å². The topological polar surface area (TPSA) is 83.8 Å². The molecule has 2 N–H and O–H groups in total. The fourth-order valence-electron chi connectivity index (χ4n) is 6.22. The van der Waals surface area contributed by atoms with E-state index in [4.69, 9.17) is 14.9 Å². The lowest BCUT2D eigenvalue weighted by atomic mass is 9.82. The zero-order valence-electron chi connectivity index (χ0n) is 21.8. The molecule has 2 bridgehead atoms. The summed E-state index contributed by atoms with van der Waals surface area (Å²) in [4.78, 5) is 22.2. The maximum absolute atomic E-state index is 11.2. The van der Waals surface area contributed by atoms with Crippen molar-refractivity contribution in [2.75, 3.05) is 6.61 Å². The van der Waals surface area contributed by atoms with Gasteiger partial charge in [-0.15, -0.1) is 0 Å². The molecule has 5 rings (SSSR count). The largest absolute Gasteiger partial charge is 0.508 e. The maximum atomic E-state index is 11.2. The van der Waals surface area contributed by atoms with E-state index < -0.39 is 0 Å². The fraction of sp³-hybridized carbons (Fsp3) is 0.548. The molecule has 0 aromatic heterocycles. The first-order valence-electron chi connectivity index (χ1n) is 13.6. The highest BCUT2D eigenvalue weighted by atomic mass is 16.5. The summed E-state index contributed by atoms with van der Waals surface area (Å²) in [6, 6.07) is 13.3. The van der Waals surface area contributed by atoms with Gasteiger partial charge in [0.05, 0.1) is 13.0 Å². The lowest BCUT2D eigenvalue weighted by Crippen LogP contribution is -2.15. The van der Waals surface area contributed by atoms with Crippen LogP contribution in [0.25, 0.3) is 0 Å². The zero-order chi connectivity index (χ0) is 25.9. The first-order chi connectivity index (χ1) is 17.4. The molecule has 0 radical (unpaired) electrons. The van der Waals surface area contributed by atoms with E-state index in [1.54, 1.807) is 94.0 Å². The third-order valence-corrected chi connectivity index (χ3v) is 7.81. The number of hydrogen-bond donors (Lipinski definition) is 2. The average Bonchev–Trinajstić information content (AvgIpc) is 3.59. The van der Waals surface area contributed by atoms with Crippen LogP contribution >= 0.6 is 0 Å². The molecule has 196 valence electrons. The van der Waals surface area contributed by atoms with Gasteiger partial charge in [-0.1, -0.05) is 37.6 Å². The van der Waals surface area contributed by atoms with Crippen molar-refractivity contribution >= 4 is 11.8 Å². The van der Waals surface area contributed by atoms with Gasteiger partial charge in [-0.2, -0.15) is 0 Å². The second kappa shape index (κ2) is 14.1. The molecule has 3 aliphatic carbocycles. The summed E-state index contributed by atoms with van der Waals surface area (Å²) in [6.45, 7) is 4.17. The van der Waals surface area contributed by atoms with Crippen molar-refractivity contribution in [3.8, 4) is 11.5 Å². The minimum Gasteiger partial charge on any atom is -0.508 e. The van der Waals surface area contributed by atoms with Gasteiger partial charge in [-0.05, 0) is 105 Å². The molecule has 0 heterocycles. The number of ketones is 1. The van der Waals surface area contributed by atoms with E-state index in [-0.39, 0.29) is 29.7 Å². The maximum Gasteiger partial charge on any atom is 0.310 e. The van der Waals surface area contributed by atoms with Gasteiger partial charge in [-0.3, -0.25) is 9.59 Å². The smallest absolute Gasteiger partial charge is 0.310 e. The van der Waals surface area contributed by atoms with Crippen molar-refractivity contribution in [1.82, 2.24) is 0 Å². The third-order valence-electron chi connectivity index (χ3n) is 7.81. The molecule has 4 atom stereocenters. The van der Waals surface area contributed by atoms with E-state index in [2.05, 4.69) is 0 Å². The summed E-state index contributed by atoms with van der Waals surface area (Å²) in [7, 11) is 0. The second-order valence-electron chi connectivity index (χ2n) is 10.4. The molecular weight excluding hydrogens is 452 g/mol. The Bertz CT molecular complexity index is 872. The van der Waals surface area contributed by atoms with E-state index in [1.807, 2.05) is 6.92 Å². The number of rotatable bonds is 7. The highest BCUT2D eigenvalue weighted by molar-refractivity contribution is 5.80. The van der Waals surface area contributed by atoms with Crippen molar-refractivity contribution < 1.29 is 24.5 Å². The van der Waals surface area contributed by atoms with Crippen LogP contribution in [0.2, 0.25) is 0 Å². The Balaban J connectivity index is 0.000000151. The number of carbonyl (C=O) groups is 2. The molecule has 2 aromatic carbocycles. The van der Waals surface area contributed by atoms with Crippen LogP contribution in [0.4, 0.5) is 0 Å². The Labute approximate surface area is 215 Å². The predicted molar refractivity (Wildman–Crippen MR) is 142 cm³/mol. The van der Waals surface area contributed by atoms with Crippen molar-refractivity contribution in [3.63, 3.8) is 0 Å². The first-order valence-corrected chi connectivity index (χ1v) is 13.6. The van der Waals surface area contributed by atoms with Gasteiger partial charge < -0.3 is 14.9 Å².